The van der Waals surface area contributed by atoms with Gasteiger partial charge in [-0.25, -0.2) is 4.98 Å². The molecule has 0 fully saturated rings. The van der Waals surface area contributed by atoms with Crippen LogP contribution >= 0.6 is 0 Å². The van der Waals surface area contributed by atoms with E-state index in [0.29, 0.717) is 12.1 Å². The first-order valence-corrected chi connectivity index (χ1v) is 8.85. The molecule has 1 N–H and O–H groups in total. The van der Waals surface area contributed by atoms with Gasteiger partial charge in [0.05, 0.1) is 16.8 Å². The van der Waals surface area contributed by atoms with Crippen LogP contribution in [0.15, 0.2) is 48.5 Å². The fraction of sp³-hybridized carbons (Fsp3) is 0.273. The van der Waals surface area contributed by atoms with E-state index in [-0.39, 0.29) is 5.91 Å². The molecule has 0 spiro atoms. The maximum Gasteiger partial charge on any atom is 0.252 e. The summed E-state index contributed by atoms with van der Waals surface area (Å²) in [7, 11) is 0. The summed E-state index contributed by atoms with van der Waals surface area (Å²) < 4.78 is 0. The molecule has 1 aromatic heterocycles. The number of nitrogens with one attached hydrogen (secondary N) is 1. The molecular weight excluding hydrogens is 308 g/mol. The Bertz CT molecular complexity index is 915. The number of aryl methyl sites for hydroxylation is 2. The van der Waals surface area contributed by atoms with Gasteiger partial charge in [0.2, 0.25) is 0 Å². The lowest BCUT2D eigenvalue weighted by Crippen LogP contribution is -2.24. The van der Waals surface area contributed by atoms with Crippen molar-refractivity contribution in [1.29, 1.82) is 0 Å². The Morgan fingerprint density at radius 1 is 1.08 bits per heavy atom. The topological polar surface area (TPSA) is 42.0 Å². The predicted octanol–water partition coefficient (Wildman–Crippen LogP) is 5.05. The molecule has 0 atom stereocenters. The number of carbonyl (C=O) groups is 1. The molecule has 0 aliphatic rings. The Morgan fingerprint density at radius 3 is 2.64 bits per heavy atom. The van der Waals surface area contributed by atoms with Crippen LogP contribution in [0.1, 0.15) is 41.3 Å². The van der Waals surface area contributed by atoms with Crippen molar-refractivity contribution in [2.75, 3.05) is 6.54 Å². The van der Waals surface area contributed by atoms with Gasteiger partial charge in [0, 0.05) is 17.5 Å². The lowest BCUT2D eigenvalue weighted by atomic mass is 9.99. The lowest BCUT2D eigenvalue weighted by Gasteiger charge is -2.12. The minimum absolute atomic E-state index is 0.0296. The van der Waals surface area contributed by atoms with E-state index in [0.717, 1.165) is 35.0 Å². The molecule has 0 saturated carbocycles. The highest BCUT2D eigenvalue weighted by molar-refractivity contribution is 6.07. The molecule has 3 aromatic rings. The van der Waals surface area contributed by atoms with E-state index in [1.165, 1.54) is 11.1 Å². The highest BCUT2D eigenvalue weighted by Gasteiger charge is 2.14. The molecule has 3 heteroatoms. The van der Waals surface area contributed by atoms with Crippen LogP contribution in [-0.4, -0.2) is 17.4 Å². The second kappa shape index (κ2) is 7.47. The summed E-state index contributed by atoms with van der Waals surface area (Å²) in [6.45, 7) is 6.98. The summed E-state index contributed by atoms with van der Waals surface area (Å²) in [5.41, 5.74) is 5.84. The molecule has 25 heavy (non-hydrogen) atoms. The summed E-state index contributed by atoms with van der Waals surface area (Å²) in [5.74, 6) is -0.0296. The molecule has 1 amide bonds. The number of aromatic nitrogens is 1. The molecule has 0 unspecified atom stereocenters. The van der Waals surface area contributed by atoms with Crippen LogP contribution in [0, 0.1) is 13.8 Å². The van der Waals surface area contributed by atoms with Crippen LogP contribution < -0.4 is 5.32 Å². The van der Waals surface area contributed by atoms with E-state index in [1.807, 2.05) is 30.3 Å². The SMILES string of the molecule is CCCCNC(=O)c1cc(-c2ccc(C)cc2C)nc2ccccc12. The maximum atomic E-state index is 12.7. The van der Waals surface area contributed by atoms with E-state index >= 15 is 0 Å². The zero-order chi connectivity index (χ0) is 17.8. The predicted molar refractivity (Wildman–Crippen MR) is 104 cm³/mol. The van der Waals surface area contributed by atoms with Crippen LogP contribution in [0.3, 0.4) is 0 Å². The number of nitrogens with zero attached hydrogens (tertiary/aromatic N) is 1. The van der Waals surface area contributed by atoms with E-state index in [4.69, 9.17) is 4.98 Å². The Labute approximate surface area is 149 Å². The second-order valence-electron chi connectivity index (χ2n) is 6.50. The first-order valence-electron chi connectivity index (χ1n) is 8.85. The number of unbranched alkanes of at least 4 members (excludes halogenated alkanes) is 1. The smallest absolute Gasteiger partial charge is 0.252 e. The van der Waals surface area contributed by atoms with Gasteiger partial charge in [-0.15, -0.1) is 0 Å². The van der Waals surface area contributed by atoms with Crippen molar-refractivity contribution in [3.05, 3.63) is 65.2 Å². The summed E-state index contributed by atoms with van der Waals surface area (Å²) in [6, 6.07) is 16.1. The fourth-order valence-corrected chi connectivity index (χ4v) is 3.08. The van der Waals surface area contributed by atoms with Gasteiger partial charge >= 0.3 is 0 Å². The van der Waals surface area contributed by atoms with Crippen LogP contribution in [0.25, 0.3) is 22.2 Å². The summed E-state index contributed by atoms with van der Waals surface area (Å²) >= 11 is 0. The van der Waals surface area contributed by atoms with E-state index in [1.54, 1.807) is 0 Å². The molecule has 128 valence electrons. The summed E-state index contributed by atoms with van der Waals surface area (Å²) in [5, 5.41) is 3.92. The third-order valence-corrected chi connectivity index (χ3v) is 4.43. The molecule has 3 nitrogen and oxygen atoms in total. The van der Waals surface area contributed by atoms with Crippen molar-refractivity contribution in [3.63, 3.8) is 0 Å². The zero-order valence-electron chi connectivity index (χ0n) is 15.1. The molecule has 0 aliphatic heterocycles. The quantitative estimate of drug-likeness (QED) is 0.664. The normalized spacial score (nSPS) is 10.8. The zero-order valence-corrected chi connectivity index (χ0v) is 15.1. The summed E-state index contributed by atoms with van der Waals surface area (Å²) in [6.07, 6.45) is 2.05. The third kappa shape index (κ3) is 3.71. The van der Waals surface area contributed by atoms with Crippen molar-refractivity contribution in [1.82, 2.24) is 10.3 Å². The molecule has 0 radical (unpaired) electrons. The molecule has 3 rings (SSSR count). The van der Waals surface area contributed by atoms with Gasteiger partial charge in [0.15, 0.2) is 0 Å². The van der Waals surface area contributed by atoms with Crippen molar-refractivity contribution in [3.8, 4) is 11.3 Å². The highest BCUT2D eigenvalue weighted by atomic mass is 16.1. The van der Waals surface area contributed by atoms with Crippen LogP contribution in [0.5, 0.6) is 0 Å². The second-order valence-corrected chi connectivity index (χ2v) is 6.50. The van der Waals surface area contributed by atoms with E-state index in [9.17, 15) is 4.79 Å². The van der Waals surface area contributed by atoms with Crippen molar-refractivity contribution in [2.45, 2.75) is 33.6 Å². The van der Waals surface area contributed by atoms with Gasteiger partial charge in [0.1, 0.15) is 0 Å². The molecular formula is C22H24N2O. The minimum Gasteiger partial charge on any atom is -0.352 e. The number of hydrogen-bond donors (Lipinski definition) is 1. The maximum absolute atomic E-state index is 12.7. The average molecular weight is 332 g/mol. The number of benzene rings is 2. The van der Waals surface area contributed by atoms with Crippen molar-refractivity contribution in [2.24, 2.45) is 0 Å². The van der Waals surface area contributed by atoms with Gasteiger partial charge in [-0.05, 0) is 38.0 Å². The van der Waals surface area contributed by atoms with E-state index < -0.39 is 0 Å². The number of pyridine rings is 1. The van der Waals surface area contributed by atoms with E-state index in [2.05, 4.69) is 44.3 Å². The van der Waals surface area contributed by atoms with Gasteiger partial charge < -0.3 is 5.32 Å². The van der Waals surface area contributed by atoms with Gasteiger partial charge in [-0.2, -0.15) is 0 Å². The largest absolute Gasteiger partial charge is 0.352 e. The molecule has 0 bridgehead atoms. The molecule has 1 heterocycles. The minimum atomic E-state index is -0.0296. The monoisotopic (exact) mass is 332 g/mol. The number of fused-ring (bicyclic) bond motifs is 1. The molecule has 0 saturated heterocycles. The molecule has 0 aliphatic carbocycles. The summed E-state index contributed by atoms with van der Waals surface area (Å²) in [4.78, 5) is 17.5. The Hall–Kier alpha value is -2.68. The van der Waals surface area contributed by atoms with Crippen LogP contribution in [0.2, 0.25) is 0 Å². The highest BCUT2D eigenvalue weighted by Crippen LogP contribution is 2.27. The van der Waals surface area contributed by atoms with Gasteiger partial charge in [-0.3, -0.25) is 4.79 Å². The standard InChI is InChI=1S/C22H24N2O/c1-4-5-12-23-22(25)19-14-21(17-11-10-15(2)13-16(17)3)24-20-9-7-6-8-18(19)20/h6-11,13-14H,4-5,12H2,1-3H3,(H,23,25). The van der Waals surface area contributed by atoms with Crippen LogP contribution in [-0.2, 0) is 0 Å². The first kappa shape index (κ1) is 17.2. The third-order valence-electron chi connectivity index (χ3n) is 4.43. The number of para-hydroxylation sites is 1. The molecule has 2 aromatic carbocycles. The number of hydrogen-bond acceptors (Lipinski definition) is 2. The number of rotatable bonds is 5. The first-order chi connectivity index (χ1) is 12.1. The van der Waals surface area contributed by atoms with Crippen LogP contribution in [0.4, 0.5) is 0 Å². The Balaban J connectivity index is 2.10. The lowest BCUT2D eigenvalue weighted by molar-refractivity contribution is 0.0955. The van der Waals surface area contributed by atoms with Gasteiger partial charge in [-0.1, -0.05) is 55.3 Å². The Morgan fingerprint density at radius 2 is 1.88 bits per heavy atom. The number of carbonyl (C=O) groups excluding carboxylic acids is 1. The van der Waals surface area contributed by atoms with Crippen molar-refractivity contribution >= 4 is 16.8 Å². The van der Waals surface area contributed by atoms with Crippen molar-refractivity contribution < 1.29 is 4.79 Å². The average Bonchev–Trinajstić information content (AvgIpc) is 2.61. The van der Waals surface area contributed by atoms with Gasteiger partial charge in [0.25, 0.3) is 5.91 Å². The Kier molecular flexibility index (Phi) is 5.13. The number of amides is 1. The fourth-order valence-electron chi connectivity index (χ4n) is 3.08.